The third-order valence-corrected chi connectivity index (χ3v) is 5.36. The molecule has 0 bridgehead atoms. The number of rotatable bonds is 7. The Hall–Kier alpha value is -1.75. The molecule has 0 aliphatic heterocycles. The van der Waals surface area contributed by atoms with Crippen molar-refractivity contribution in [3.8, 4) is 0 Å². The van der Waals surface area contributed by atoms with Crippen molar-refractivity contribution in [2.75, 3.05) is 6.54 Å². The van der Waals surface area contributed by atoms with Crippen molar-refractivity contribution in [2.24, 2.45) is 0 Å². The summed E-state index contributed by atoms with van der Waals surface area (Å²) in [6.07, 6.45) is 5.11. The van der Waals surface area contributed by atoms with Crippen molar-refractivity contribution in [3.05, 3.63) is 80.4 Å². The number of hydrogen-bond donors (Lipinski definition) is 1. The molecule has 0 aliphatic carbocycles. The van der Waals surface area contributed by atoms with Gasteiger partial charge in [0.1, 0.15) is 5.01 Å². The lowest BCUT2D eigenvalue weighted by Gasteiger charge is -2.16. The first-order chi connectivity index (χ1) is 11.3. The molecule has 3 aromatic rings. The van der Waals surface area contributed by atoms with Gasteiger partial charge in [-0.05, 0) is 23.9 Å². The first-order valence-corrected chi connectivity index (χ1v) is 9.44. The van der Waals surface area contributed by atoms with Crippen LogP contribution in [0.2, 0.25) is 0 Å². The predicted molar refractivity (Wildman–Crippen MR) is 101 cm³/mol. The molecule has 118 valence electrons. The van der Waals surface area contributed by atoms with Gasteiger partial charge in [0.05, 0.1) is 6.04 Å². The van der Waals surface area contributed by atoms with Gasteiger partial charge in [0.15, 0.2) is 0 Å². The molecule has 0 saturated heterocycles. The summed E-state index contributed by atoms with van der Waals surface area (Å²) >= 11 is 3.53. The highest BCUT2D eigenvalue weighted by Gasteiger charge is 2.15. The summed E-state index contributed by atoms with van der Waals surface area (Å²) in [5.41, 5.74) is 2.57. The van der Waals surface area contributed by atoms with Crippen LogP contribution in [0.1, 0.15) is 28.4 Å². The Bertz CT molecular complexity index is 716. The minimum atomic E-state index is 0.271. The maximum absolute atomic E-state index is 4.50. The lowest BCUT2D eigenvalue weighted by atomic mass is 10.1. The SMILES string of the molecule is C/C(=C\c1ccccc1)CN[C@H](Cc1cccs1)c1nccs1. The fraction of sp³-hybridized carbons (Fsp3) is 0.211. The van der Waals surface area contributed by atoms with Gasteiger partial charge >= 0.3 is 0 Å². The summed E-state index contributed by atoms with van der Waals surface area (Å²) in [5, 5.41) is 9.01. The second-order valence-electron chi connectivity index (χ2n) is 5.49. The van der Waals surface area contributed by atoms with E-state index in [9.17, 15) is 0 Å². The van der Waals surface area contributed by atoms with E-state index in [0.717, 1.165) is 18.0 Å². The summed E-state index contributed by atoms with van der Waals surface area (Å²) in [7, 11) is 0. The van der Waals surface area contributed by atoms with Gasteiger partial charge in [-0.25, -0.2) is 4.98 Å². The zero-order chi connectivity index (χ0) is 15.9. The van der Waals surface area contributed by atoms with Crippen LogP contribution in [-0.4, -0.2) is 11.5 Å². The second-order valence-corrected chi connectivity index (χ2v) is 7.45. The molecule has 0 fully saturated rings. The highest BCUT2D eigenvalue weighted by atomic mass is 32.1. The summed E-state index contributed by atoms with van der Waals surface area (Å²) < 4.78 is 0. The molecule has 4 heteroatoms. The molecule has 0 unspecified atom stereocenters. The van der Waals surface area contributed by atoms with E-state index in [-0.39, 0.29) is 6.04 Å². The molecule has 0 radical (unpaired) electrons. The molecule has 3 rings (SSSR count). The van der Waals surface area contributed by atoms with Gasteiger partial charge < -0.3 is 5.32 Å². The minimum Gasteiger partial charge on any atom is -0.304 e. The van der Waals surface area contributed by atoms with Crippen molar-refractivity contribution in [3.63, 3.8) is 0 Å². The third-order valence-electron chi connectivity index (χ3n) is 3.57. The third kappa shape index (κ3) is 4.86. The largest absolute Gasteiger partial charge is 0.304 e. The van der Waals surface area contributed by atoms with E-state index in [1.165, 1.54) is 16.0 Å². The number of aromatic nitrogens is 1. The Morgan fingerprint density at radius 3 is 2.70 bits per heavy atom. The van der Waals surface area contributed by atoms with E-state index < -0.39 is 0 Å². The maximum atomic E-state index is 4.50. The monoisotopic (exact) mass is 340 g/mol. The van der Waals surface area contributed by atoms with Crippen molar-refractivity contribution >= 4 is 28.7 Å². The van der Waals surface area contributed by atoms with Crippen molar-refractivity contribution in [1.82, 2.24) is 10.3 Å². The highest BCUT2D eigenvalue weighted by Crippen LogP contribution is 2.23. The van der Waals surface area contributed by atoms with Gasteiger partial charge in [-0.1, -0.05) is 48.0 Å². The average Bonchev–Trinajstić information content (AvgIpc) is 3.26. The summed E-state index contributed by atoms with van der Waals surface area (Å²) in [6.45, 7) is 3.04. The van der Waals surface area contributed by atoms with Gasteiger partial charge in [0, 0.05) is 29.4 Å². The van der Waals surface area contributed by atoms with Crippen LogP contribution in [0.4, 0.5) is 0 Å². The molecule has 0 saturated carbocycles. The van der Waals surface area contributed by atoms with Gasteiger partial charge in [-0.2, -0.15) is 0 Å². The van der Waals surface area contributed by atoms with Gasteiger partial charge in [0.25, 0.3) is 0 Å². The summed E-state index contributed by atoms with van der Waals surface area (Å²) in [4.78, 5) is 5.89. The molecule has 1 N–H and O–H groups in total. The molecule has 2 aromatic heterocycles. The quantitative estimate of drug-likeness (QED) is 0.641. The van der Waals surface area contributed by atoms with E-state index in [0.29, 0.717) is 0 Å². The molecule has 2 heterocycles. The van der Waals surface area contributed by atoms with Crippen LogP contribution in [0, 0.1) is 0 Å². The van der Waals surface area contributed by atoms with Crippen molar-refractivity contribution < 1.29 is 0 Å². The van der Waals surface area contributed by atoms with Crippen LogP contribution in [0.15, 0.2) is 65.0 Å². The van der Waals surface area contributed by atoms with Crippen molar-refractivity contribution in [2.45, 2.75) is 19.4 Å². The van der Waals surface area contributed by atoms with Gasteiger partial charge in [-0.3, -0.25) is 0 Å². The Labute approximate surface area is 145 Å². The molecule has 0 aliphatic rings. The predicted octanol–water partition coefficient (Wildman–Crippen LogP) is 5.18. The number of benzene rings is 1. The zero-order valence-electron chi connectivity index (χ0n) is 13.1. The molecular weight excluding hydrogens is 320 g/mol. The van der Waals surface area contributed by atoms with E-state index in [1.807, 2.05) is 29.0 Å². The Morgan fingerprint density at radius 1 is 1.13 bits per heavy atom. The van der Waals surface area contributed by atoms with Crippen LogP contribution in [0.3, 0.4) is 0 Å². The zero-order valence-corrected chi connectivity index (χ0v) is 14.7. The summed E-state index contributed by atoms with van der Waals surface area (Å²) in [5.74, 6) is 0. The van der Waals surface area contributed by atoms with E-state index in [2.05, 4.69) is 65.1 Å². The number of hydrogen-bond acceptors (Lipinski definition) is 4. The Morgan fingerprint density at radius 2 is 2.00 bits per heavy atom. The summed E-state index contributed by atoms with van der Waals surface area (Å²) in [6, 6.07) is 15.0. The molecular formula is C19H20N2S2. The van der Waals surface area contributed by atoms with Crippen LogP contribution < -0.4 is 5.32 Å². The van der Waals surface area contributed by atoms with Crippen LogP contribution in [-0.2, 0) is 6.42 Å². The fourth-order valence-corrected chi connectivity index (χ4v) is 3.92. The van der Waals surface area contributed by atoms with E-state index in [1.54, 1.807) is 11.3 Å². The second kappa shape index (κ2) is 8.20. The Kier molecular flexibility index (Phi) is 5.75. The maximum Gasteiger partial charge on any atom is 0.110 e. The minimum absolute atomic E-state index is 0.271. The van der Waals surface area contributed by atoms with Crippen molar-refractivity contribution in [1.29, 1.82) is 0 Å². The Balaban J connectivity index is 1.65. The molecule has 0 amide bonds. The standard InChI is InChI=1S/C19H20N2S2/c1-15(12-16-6-3-2-4-7-16)14-21-18(19-20-9-11-23-19)13-17-8-5-10-22-17/h2-12,18,21H,13-14H2,1H3/b15-12+/t18-/m1/s1. The molecule has 23 heavy (non-hydrogen) atoms. The van der Waals surface area contributed by atoms with Crippen LogP contribution >= 0.6 is 22.7 Å². The highest BCUT2D eigenvalue weighted by molar-refractivity contribution is 7.10. The van der Waals surface area contributed by atoms with Gasteiger partial charge in [0.2, 0.25) is 0 Å². The lowest BCUT2D eigenvalue weighted by molar-refractivity contribution is 0.558. The van der Waals surface area contributed by atoms with Crippen LogP contribution in [0.25, 0.3) is 6.08 Å². The molecule has 1 aromatic carbocycles. The fourth-order valence-electron chi connectivity index (χ4n) is 2.45. The first-order valence-electron chi connectivity index (χ1n) is 7.68. The number of thiazole rings is 1. The molecule has 0 spiro atoms. The van der Waals surface area contributed by atoms with Gasteiger partial charge in [-0.15, -0.1) is 22.7 Å². The van der Waals surface area contributed by atoms with E-state index >= 15 is 0 Å². The van der Waals surface area contributed by atoms with E-state index in [4.69, 9.17) is 0 Å². The topological polar surface area (TPSA) is 24.9 Å². The number of nitrogens with one attached hydrogen (secondary N) is 1. The lowest BCUT2D eigenvalue weighted by Crippen LogP contribution is -2.24. The average molecular weight is 341 g/mol. The molecule has 2 nitrogen and oxygen atoms in total. The van der Waals surface area contributed by atoms with Crippen LogP contribution in [0.5, 0.6) is 0 Å². The first kappa shape index (κ1) is 16.1. The smallest absolute Gasteiger partial charge is 0.110 e. The number of thiophene rings is 1. The number of nitrogens with zero attached hydrogens (tertiary/aromatic N) is 1. The molecule has 1 atom stereocenters. The normalized spacial score (nSPS) is 13.2.